The summed E-state index contributed by atoms with van der Waals surface area (Å²) < 4.78 is 0. The van der Waals surface area contributed by atoms with Crippen LogP contribution in [-0.4, -0.2) is 24.0 Å². The van der Waals surface area contributed by atoms with Crippen LogP contribution < -0.4 is 5.73 Å². The smallest absolute Gasteiger partial charge is 0.0473 e. The van der Waals surface area contributed by atoms with Crippen LogP contribution in [-0.2, 0) is 0 Å². The maximum atomic E-state index is 6.11. The van der Waals surface area contributed by atoms with E-state index in [1.165, 1.54) is 49.8 Å². The lowest BCUT2D eigenvalue weighted by molar-refractivity contribution is 0.135. The van der Waals surface area contributed by atoms with Crippen molar-refractivity contribution in [2.24, 2.45) is 11.7 Å². The minimum Gasteiger partial charge on any atom is -0.329 e. The third-order valence-corrected chi connectivity index (χ3v) is 5.10. The third-order valence-electron chi connectivity index (χ3n) is 5.10. The number of hydrogen-bond acceptors (Lipinski definition) is 2. The van der Waals surface area contributed by atoms with Crippen LogP contribution in [0.1, 0.15) is 49.3 Å². The van der Waals surface area contributed by atoms with E-state index in [4.69, 9.17) is 5.73 Å². The zero-order valence-corrected chi connectivity index (χ0v) is 12.0. The molecule has 0 bridgehead atoms. The molecule has 2 fully saturated rings. The van der Waals surface area contributed by atoms with Gasteiger partial charge in [-0.05, 0) is 44.2 Å². The summed E-state index contributed by atoms with van der Waals surface area (Å²) in [5, 5.41) is 0. The summed E-state index contributed by atoms with van der Waals surface area (Å²) in [6.07, 6.45) is 7.04. The molecule has 1 aliphatic carbocycles. The normalized spacial score (nSPS) is 29.2. The molecule has 2 N–H and O–H groups in total. The van der Waals surface area contributed by atoms with Gasteiger partial charge in [-0.15, -0.1) is 0 Å². The average molecular weight is 258 g/mol. The minimum atomic E-state index is 0.424. The Morgan fingerprint density at radius 1 is 1.26 bits per heavy atom. The SMILES string of the molecule is Cc1cccc(C(CN)N2CCC3CCCCC32)c1. The average Bonchev–Trinajstić information content (AvgIpc) is 2.84. The first-order valence-corrected chi connectivity index (χ1v) is 7.82. The van der Waals surface area contributed by atoms with Crippen LogP contribution in [0.4, 0.5) is 0 Å². The van der Waals surface area contributed by atoms with Gasteiger partial charge in [0, 0.05) is 18.6 Å². The predicted molar refractivity (Wildman–Crippen MR) is 80.0 cm³/mol. The summed E-state index contributed by atoms with van der Waals surface area (Å²) in [6.45, 7) is 4.16. The second kappa shape index (κ2) is 5.64. The summed E-state index contributed by atoms with van der Waals surface area (Å²) >= 11 is 0. The molecule has 0 aromatic heterocycles. The Morgan fingerprint density at radius 3 is 2.89 bits per heavy atom. The lowest BCUT2D eigenvalue weighted by atomic mass is 9.84. The molecular weight excluding hydrogens is 232 g/mol. The van der Waals surface area contributed by atoms with Crippen LogP contribution >= 0.6 is 0 Å². The summed E-state index contributed by atoms with van der Waals surface area (Å²) in [5.74, 6) is 0.938. The van der Waals surface area contributed by atoms with E-state index in [9.17, 15) is 0 Å². The van der Waals surface area contributed by atoms with Crippen LogP contribution in [0.15, 0.2) is 24.3 Å². The van der Waals surface area contributed by atoms with Gasteiger partial charge < -0.3 is 5.73 Å². The summed E-state index contributed by atoms with van der Waals surface area (Å²) in [6, 6.07) is 10.1. The molecule has 104 valence electrons. The molecule has 1 heterocycles. The zero-order chi connectivity index (χ0) is 13.2. The van der Waals surface area contributed by atoms with E-state index in [1.54, 1.807) is 0 Å². The molecule has 1 saturated carbocycles. The fourth-order valence-electron chi connectivity index (χ4n) is 4.17. The van der Waals surface area contributed by atoms with Crippen LogP contribution in [0.5, 0.6) is 0 Å². The number of fused-ring (bicyclic) bond motifs is 1. The maximum absolute atomic E-state index is 6.11. The predicted octanol–water partition coefficient (Wildman–Crippen LogP) is 3.26. The molecule has 0 amide bonds. The fourth-order valence-corrected chi connectivity index (χ4v) is 4.17. The number of aryl methyl sites for hydroxylation is 1. The molecule has 1 saturated heterocycles. The second-order valence-electron chi connectivity index (χ2n) is 6.30. The first-order valence-electron chi connectivity index (χ1n) is 7.82. The van der Waals surface area contributed by atoms with Gasteiger partial charge in [-0.2, -0.15) is 0 Å². The molecule has 2 nitrogen and oxygen atoms in total. The number of benzene rings is 1. The van der Waals surface area contributed by atoms with Crippen molar-refractivity contribution in [1.29, 1.82) is 0 Å². The van der Waals surface area contributed by atoms with Gasteiger partial charge in [0.1, 0.15) is 0 Å². The molecule has 3 rings (SSSR count). The first-order chi connectivity index (χ1) is 9.29. The number of rotatable bonds is 3. The van der Waals surface area contributed by atoms with Crippen molar-refractivity contribution >= 4 is 0 Å². The number of likely N-dealkylation sites (tertiary alicyclic amines) is 1. The molecule has 1 aromatic rings. The highest BCUT2D eigenvalue weighted by Gasteiger charge is 2.38. The molecule has 2 aliphatic rings. The Labute approximate surface area is 117 Å². The van der Waals surface area contributed by atoms with Crippen molar-refractivity contribution in [1.82, 2.24) is 4.90 Å². The fraction of sp³-hybridized carbons (Fsp3) is 0.647. The Morgan fingerprint density at radius 2 is 2.11 bits per heavy atom. The molecule has 19 heavy (non-hydrogen) atoms. The van der Waals surface area contributed by atoms with Gasteiger partial charge >= 0.3 is 0 Å². The zero-order valence-electron chi connectivity index (χ0n) is 12.0. The van der Waals surface area contributed by atoms with E-state index in [0.717, 1.165) is 18.5 Å². The van der Waals surface area contributed by atoms with E-state index < -0.39 is 0 Å². The van der Waals surface area contributed by atoms with Gasteiger partial charge in [0.05, 0.1) is 0 Å². The number of nitrogens with zero attached hydrogens (tertiary/aromatic N) is 1. The topological polar surface area (TPSA) is 29.3 Å². The first kappa shape index (κ1) is 13.1. The maximum Gasteiger partial charge on any atom is 0.0473 e. The van der Waals surface area contributed by atoms with Crippen LogP contribution in [0, 0.1) is 12.8 Å². The highest BCUT2D eigenvalue weighted by atomic mass is 15.2. The van der Waals surface area contributed by atoms with E-state index in [-0.39, 0.29) is 0 Å². The van der Waals surface area contributed by atoms with Crippen molar-refractivity contribution in [3.8, 4) is 0 Å². The van der Waals surface area contributed by atoms with E-state index in [1.807, 2.05) is 0 Å². The van der Waals surface area contributed by atoms with Gasteiger partial charge in [0.25, 0.3) is 0 Å². The minimum absolute atomic E-state index is 0.424. The quantitative estimate of drug-likeness (QED) is 0.901. The number of nitrogens with two attached hydrogens (primary N) is 1. The molecular formula is C17H26N2. The van der Waals surface area contributed by atoms with Crippen molar-refractivity contribution in [3.63, 3.8) is 0 Å². The molecule has 0 spiro atoms. The molecule has 0 radical (unpaired) electrons. The van der Waals surface area contributed by atoms with Gasteiger partial charge in [0.2, 0.25) is 0 Å². The van der Waals surface area contributed by atoms with Gasteiger partial charge in [-0.25, -0.2) is 0 Å². The van der Waals surface area contributed by atoms with E-state index in [0.29, 0.717) is 6.04 Å². The monoisotopic (exact) mass is 258 g/mol. The molecule has 3 unspecified atom stereocenters. The molecule has 1 aliphatic heterocycles. The highest BCUT2D eigenvalue weighted by Crippen LogP contribution is 2.40. The van der Waals surface area contributed by atoms with Crippen molar-refractivity contribution in [2.45, 2.75) is 51.1 Å². The Hall–Kier alpha value is -0.860. The summed E-state index contributed by atoms with van der Waals surface area (Å²) in [5.41, 5.74) is 8.87. The third kappa shape index (κ3) is 2.56. The lowest BCUT2D eigenvalue weighted by Crippen LogP contribution is -2.40. The van der Waals surface area contributed by atoms with Crippen molar-refractivity contribution in [2.75, 3.05) is 13.1 Å². The largest absolute Gasteiger partial charge is 0.329 e. The molecule has 1 aromatic carbocycles. The van der Waals surface area contributed by atoms with Gasteiger partial charge in [-0.1, -0.05) is 42.7 Å². The van der Waals surface area contributed by atoms with Crippen LogP contribution in [0.25, 0.3) is 0 Å². The Kier molecular flexibility index (Phi) is 3.90. The van der Waals surface area contributed by atoms with Gasteiger partial charge in [0.15, 0.2) is 0 Å². The number of hydrogen-bond donors (Lipinski definition) is 1. The van der Waals surface area contributed by atoms with Crippen LogP contribution in [0.2, 0.25) is 0 Å². The summed E-state index contributed by atoms with van der Waals surface area (Å²) in [7, 11) is 0. The molecule has 3 atom stereocenters. The van der Waals surface area contributed by atoms with E-state index >= 15 is 0 Å². The second-order valence-corrected chi connectivity index (χ2v) is 6.30. The van der Waals surface area contributed by atoms with Crippen molar-refractivity contribution < 1.29 is 0 Å². The standard InChI is InChI=1S/C17H26N2/c1-13-5-4-7-15(11-13)17(12-18)19-10-9-14-6-2-3-8-16(14)19/h4-5,7,11,14,16-17H,2-3,6,8-10,12,18H2,1H3. The van der Waals surface area contributed by atoms with Gasteiger partial charge in [-0.3, -0.25) is 4.90 Å². The van der Waals surface area contributed by atoms with Crippen LogP contribution in [0.3, 0.4) is 0 Å². The highest BCUT2D eigenvalue weighted by molar-refractivity contribution is 5.26. The Balaban J connectivity index is 1.82. The Bertz CT molecular complexity index is 429. The molecule has 2 heteroatoms. The van der Waals surface area contributed by atoms with Crippen molar-refractivity contribution in [3.05, 3.63) is 35.4 Å². The lowest BCUT2D eigenvalue weighted by Gasteiger charge is -2.37. The van der Waals surface area contributed by atoms with E-state index in [2.05, 4.69) is 36.1 Å². The summed E-state index contributed by atoms with van der Waals surface area (Å²) in [4.78, 5) is 2.71.